The first-order valence-electron chi connectivity index (χ1n) is 13.7. The number of hydrogen-bond donors (Lipinski definition) is 3. The van der Waals surface area contributed by atoms with Crippen molar-refractivity contribution in [2.24, 2.45) is 16.9 Å². The lowest BCUT2D eigenvalue weighted by Gasteiger charge is -2.37. The number of hydrazone groups is 1. The van der Waals surface area contributed by atoms with E-state index in [-0.39, 0.29) is 17.7 Å². The van der Waals surface area contributed by atoms with E-state index in [1.807, 2.05) is 18.2 Å². The lowest BCUT2D eigenvalue weighted by atomic mass is 9.76. The predicted octanol–water partition coefficient (Wildman–Crippen LogP) is 5.61. The van der Waals surface area contributed by atoms with Gasteiger partial charge in [0.05, 0.1) is 47.7 Å². The maximum atomic E-state index is 13.3. The number of allylic oxidation sites excluding steroid dienone is 2. The van der Waals surface area contributed by atoms with E-state index >= 15 is 0 Å². The number of rotatable bonds is 13. The molecule has 2 aromatic rings. The number of hydrogen-bond acceptors (Lipinski definition) is 7. The molecule has 0 aromatic heterocycles. The first kappa shape index (κ1) is 30.2. The molecule has 0 spiro atoms. The fraction of sp³-hybridized carbons (Fsp3) is 0.467. The van der Waals surface area contributed by atoms with Crippen LogP contribution in [0.1, 0.15) is 55.8 Å². The highest BCUT2D eigenvalue weighted by Crippen LogP contribution is 2.37. The van der Waals surface area contributed by atoms with Gasteiger partial charge in [-0.25, -0.2) is 5.01 Å². The summed E-state index contributed by atoms with van der Waals surface area (Å²) in [6.45, 7) is 1.75. The minimum atomic E-state index is -0.725. The smallest absolute Gasteiger partial charge is 0.246 e. The number of amides is 1. The number of anilines is 1. The van der Waals surface area contributed by atoms with Crippen molar-refractivity contribution >= 4 is 40.5 Å². The van der Waals surface area contributed by atoms with Gasteiger partial charge >= 0.3 is 0 Å². The average Bonchev–Trinajstić information content (AvgIpc) is 2.97. The van der Waals surface area contributed by atoms with Crippen molar-refractivity contribution < 1.29 is 19.4 Å². The summed E-state index contributed by atoms with van der Waals surface area (Å²) in [5.74, 6) is 1.40. The van der Waals surface area contributed by atoms with Crippen LogP contribution in [0.15, 0.2) is 47.6 Å². The summed E-state index contributed by atoms with van der Waals surface area (Å²) in [5, 5.41) is 20.9. The highest BCUT2D eigenvalue weighted by molar-refractivity contribution is 6.38. The van der Waals surface area contributed by atoms with E-state index in [4.69, 9.17) is 43.5 Å². The van der Waals surface area contributed by atoms with Gasteiger partial charge in [0.25, 0.3) is 0 Å². The van der Waals surface area contributed by atoms with E-state index in [0.717, 1.165) is 56.3 Å². The van der Waals surface area contributed by atoms with Crippen LogP contribution in [-0.2, 0) is 4.79 Å². The molecule has 3 atom stereocenters. The van der Waals surface area contributed by atoms with Crippen LogP contribution in [0, 0.1) is 11.8 Å². The minimum absolute atomic E-state index is 0.0635. The molecule has 4 N–H and O–H groups in total. The molecule has 1 aliphatic heterocycles. The van der Waals surface area contributed by atoms with Crippen LogP contribution >= 0.6 is 23.2 Å². The summed E-state index contributed by atoms with van der Waals surface area (Å²) in [4.78, 5) is 13.3. The molecule has 0 saturated heterocycles. The van der Waals surface area contributed by atoms with Crippen molar-refractivity contribution in [1.29, 1.82) is 0 Å². The van der Waals surface area contributed by atoms with Crippen LogP contribution in [0.4, 0.5) is 5.69 Å². The number of unbranched alkanes of at least 4 members (excludes halogenated alkanes) is 3. The third kappa shape index (κ3) is 7.10. The largest absolute Gasteiger partial charge is 0.493 e. The van der Waals surface area contributed by atoms with E-state index in [0.29, 0.717) is 45.9 Å². The molecule has 0 radical (unpaired) electrons. The molecule has 40 heavy (non-hydrogen) atoms. The van der Waals surface area contributed by atoms with E-state index < -0.39 is 6.10 Å². The van der Waals surface area contributed by atoms with Crippen LogP contribution in [-0.4, -0.2) is 55.6 Å². The normalized spacial score (nSPS) is 19.3. The lowest BCUT2D eigenvalue weighted by molar-refractivity contribution is -0.137. The van der Waals surface area contributed by atoms with Gasteiger partial charge in [-0.15, -0.1) is 0 Å². The highest BCUT2D eigenvalue weighted by Gasteiger charge is 2.40. The SMILES string of the molecule is COc1ccc(C2=NN(CCCCCCNCC(O)c3cc(Cl)c(N)c(Cl)c3)C(=O)[C@H]3CC=CC[C@@H]23)cc1OC. The number of nitrogens with two attached hydrogens (primary N) is 1. The molecule has 2 aliphatic rings. The molecule has 0 bridgehead atoms. The first-order chi connectivity index (χ1) is 19.3. The Morgan fingerprint density at radius 1 is 1.02 bits per heavy atom. The molecular weight excluding hydrogens is 551 g/mol. The zero-order valence-corrected chi connectivity index (χ0v) is 24.5. The number of benzene rings is 2. The van der Waals surface area contributed by atoms with Crippen LogP contribution in [0.25, 0.3) is 0 Å². The third-order valence-electron chi connectivity index (χ3n) is 7.56. The Bertz CT molecular complexity index is 1230. The Balaban J connectivity index is 1.26. The van der Waals surface area contributed by atoms with Crippen LogP contribution in [0.3, 0.4) is 0 Å². The minimum Gasteiger partial charge on any atom is -0.493 e. The van der Waals surface area contributed by atoms with Crippen LogP contribution < -0.4 is 20.5 Å². The van der Waals surface area contributed by atoms with E-state index in [1.54, 1.807) is 31.4 Å². The van der Waals surface area contributed by atoms with Crippen LogP contribution in [0.2, 0.25) is 10.0 Å². The second-order valence-corrected chi connectivity index (χ2v) is 11.0. The number of aliphatic hydroxyl groups excluding tert-OH is 1. The number of nitrogens with one attached hydrogen (secondary N) is 1. The number of methoxy groups -OCH3 is 2. The van der Waals surface area contributed by atoms with Gasteiger partial charge in [0, 0.05) is 24.6 Å². The quantitative estimate of drug-likeness (QED) is 0.159. The van der Waals surface area contributed by atoms with E-state index in [1.165, 1.54) is 0 Å². The fourth-order valence-electron chi connectivity index (χ4n) is 5.28. The van der Waals surface area contributed by atoms with Gasteiger partial charge in [-0.2, -0.15) is 5.10 Å². The summed E-state index contributed by atoms with van der Waals surface area (Å²) >= 11 is 12.1. The van der Waals surface area contributed by atoms with Crippen molar-refractivity contribution in [3.8, 4) is 11.5 Å². The molecule has 1 unspecified atom stereocenters. The molecule has 0 saturated carbocycles. The molecule has 216 valence electrons. The highest BCUT2D eigenvalue weighted by atomic mass is 35.5. The molecule has 0 fully saturated rings. The Labute approximate surface area is 246 Å². The Morgan fingerprint density at radius 2 is 1.70 bits per heavy atom. The fourth-order valence-corrected chi connectivity index (χ4v) is 5.78. The number of carbonyl (C=O) groups excluding carboxylic acids is 1. The number of aliphatic hydroxyl groups is 1. The Morgan fingerprint density at radius 3 is 2.40 bits per heavy atom. The van der Waals surface area contributed by atoms with Crippen molar-refractivity contribution in [2.75, 3.05) is 39.6 Å². The number of fused-ring (bicyclic) bond motifs is 1. The molecular formula is C30H38Cl2N4O4. The molecule has 8 nitrogen and oxygen atoms in total. The van der Waals surface area contributed by atoms with Crippen molar-refractivity contribution in [2.45, 2.75) is 44.6 Å². The van der Waals surface area contributed by atoms with Crippen molar-refractivity contribution in [3.63, 3.8) is 0 Å². The predicted molar refractivity (Wildman–Crippen MR) is 160 cm³/mol. The number of nitrogens with zero attached hydrogens (tertiary/aromatic N) is 2. The third-order valence-corrected chi connectivity index (χ3v) is 8.19. The van der Waals surface area contributed by atoms with Gasteiger partial charge in [0.15, 0.2) is 11.5 Å². The molecule has 1 heterocycles. The van der Waals surface area contributed by atoms with Gasteiger partial charge in [-0.3, -0.25) is 4.79 Å². The topological polar surface area (TPSA) is 109 Å². The van der Waals surface area contributed by atoms with Gasteiger partial charge < -0.3 is 25.6 Å². The average molecular weight is 590 g/mol. The summed E-state index contributed by atoms with van der Waals surface area (Å²) in [7, 11) is 3.24. The molecule has 1 aliphatic carbocycles. The Hall–Kier alpha value is -2.78. The standard InChI is InChI=1S/C30H38Cl2N4O4/c1-39-26-12-11-19(17-27(26)40-2)29-21-9-5-6-10-22(21)30(38)36(35-29)14-8-4-3-7-13-34-18-25(37)20-15-23(31)28(33)24(32)16-20/h5-6,11-12,15-17,21-22,25,34,37H,3-4,7-10,13-14,18,33H2,1-2H3/t21-,22+,25?/m1/s1. The lowest BCUT2D eigenvalue weighted by Crippen LogP contribution is -2.45. The van der Waals surface area contributed by atoms with Gasteiger partial charge in [-0.05, 0) is 68.1 Å². The zero-order chi connectivity index (χ0) is 28.6. The summed E-state index contributed by atoms with van der Waals surface area (Å²) in [6, 6.07) is 9.10. The first-order valence-corrected chi connectivity index (χ1v) is 14.5. The van der Waals surface area contributed by atoms with Crippen molar-refractivity contribution in [3.05, 3.63) is 63.7 Å². The number of halogens is 2. The number of ether oxygens (including phenoxy) is 2. The zero-order valence-electron chi connectivity index (χ0n) is 23.0. The van der Waals surface area contributed by atoms with Crippen molar-refractivity contribution in [1.82, 2.24) is 10.3 Å². The Kier molecular flexibility index (Phi) is 10.7. The molecule has 4 rings (SSSR count). The van der Waals surface area contributed by atoms with E-state index in [9.17, 15) is 9.90 Å². The maximum absolute atomic E-state index is 13.3. The summed E-state index contributed by atoms with van der Waals surface area (Å²) in [6.07, 6.45) is 8.88. The second-order valence-electron chi connectivity index (χ2n) is 10.2. The van der Waals surface area contributed by atoms with Gasteiger partial charge in [0.2, 0.25) is 5.91 Å². The molecule has 10 heteroatoms. The van der Waals surface area contributed by atoms with Crippen LogP contribution in [0.5, 0.6) is 11.5 Å². The van der Waals surface area contributed by atoms with Gasteiger partial charge in [0.1, 0.15) is 0 Å². The monoisotopic (exact) mass is 588 g/mol. The molecule has 1 amide bonds. The van der Waals surface area contributed by atoms with E-state index in [2.05, 4.69) is 17.5 Å². The second kappa shape index (κ2) is 14.2. The maximum Gasteiger partial charge on any atom is 0.246 e. The number of nitrogen functional groups attached to an aromatic ring is 1. The van der Waals surface area contributed by atoms with Gasteiger partial charge in [-0.1, -0.05) is 48.2 Å². The molecule has 2 aromatic carbocycles. The number of carbonyl (C=O) groups is 1. The summed E-state index contributed by atoms with van der Waals surface area (Å²) < 4.78 is 10.9. The summed E-state index contributed by atoms with van der Waals surface area (Å²) in [5.41, 5.74) is 8.60.